The van der Waals surface area contributed by atoms with Gasteiger partial charge < -0.3 is 19.8 Å². The molecule has 1 fully saturated rings. The van der Waals surface area contributed by atoms with Crippen LogP contribution in [0.2, 0.25) is 0 Å². The standard InChI is InChI=1S/C24H24N2O2.C2H2O4/c27-24(16-19-6-5-13-25-18-19)26-14-11-22(12-15-26)28-23-10-4-9-21(17-23)20-7-2-1-3-8-20;3-1(4)2(5)6/h1-10,13,17-18,22H,11-12,14-16H2;(H,3,4)(H,5,6). The minimum Gasteiger partial charge on any atom is -0.490 e. The van der Waals surface area contributed by atoms with Gasteiger partial charge in [0.15, 0.2) is 0 Å². The number of benzene rings is 2. The van der Waals surface area contributed by atoms with Crippen molar-refractivity contribution in [3.63, 3.8) is 0 Å². The molecule has 0 spiro atoms. The summed E-state index contributed by atoms with van der Waals surface area (Å²) in [6, 6.07) is 22.4. The van der Waals surface area contributed by atoms with Crippen molar-refractivity contribution in [2.75, 3.05) is 13.1 Å². The van der Waals surface area contributed by atoms with Gasteiger partial charge in [-0.2, -0.15) is 0 Å². The molecule has 34 heavy (non-hydrogen) atoms. The van der Waals surface area contributed by atoms with Gasteiger partial charge in [-0.05, 0) is 34.9 Å². The highest BCUT2D eigenvalue weighted by Crippen LogP contribution is 2.26. The van der Waals surface area contributed by atoms with Crippen molar-refractivity contribution in [2.45, 2.75) is 25.4 Å². The van der Waals surface area contributed by atoms with Gasteiger partial charge in [0.25, 0.3) is 0 Å². The van der Waals surface area contributed by atoms with Crippen molar-refractivity contribution in [3.05, 3.63) is 84.7 Å². The highest BCUT2D eigenvalue weighted by molar-refractivity contribution is 6.27. The van der Waals surface area contributed by atoms with Crippen LogP contribution in [0.15, 0.2) is 79.1 Å². The van der Waals surface area contributed by atoms with Crippen molar-refractivity contribution in [2.24, 2.45) is 0 Å². The van der Waals surface area contributed by atoms with Crippen LogP contribution in [0.3, 0.4) is 0 Å². The molecule has 176 valence electrons. The Hall–Kier alpha value is -4.20. The molecule has 0 aliphatic carbocycles. The fourth-order valence-electron chi connectivity index (χ4n) is 3.58. The van der Waals surface area contributed by atoms with Gasteiger partial charge in [-0.25, -0.2) is 9.59 Å². The molecule has 2 N–H and O–H groups in total. The number of pyridine rings is 1. The highest BCUT2D eigenvalue weighted by atomic mass is 16.5. The molecule has 0 saturated carbocycles. The number of aromatic nitrogens is 1. The van der Waals surface area contributed by atoms with E-state index < -0.39 is 11.9 Å². The molecule has 1 amide bonds. The number of hydrogen-bond acceptors (Lipinski definition) is 5. The lowest BCUT2D eigenvalue weighted by Crippen LogP contribution is -2.42. The quantitative estimate of drug-likeness (QED) is 0.557. The summed E-state index contributed by atoms with van der Waals surface area (Å²) in [6.45, 7) is 1.48. The molecular formula is C26H26N2O6. The van der Waals surface area contributed by atoms with Crippen molar-refractivity contribution < 1.29 is 29.3 Å². The largest absolute Gasteiger partial charge is 0.490 e. The molecule has 1 aliphatic rings. The number of amides is 1. The molecule has 3 aromatic rings. The van der Waals surface area contributed by atoms with E-state index >= 15 is 0 Å². The van der Waals surface area contributed by atoms with Gasteiger partial charge in [0.05, 0.1) is 6.42 Å². The van der Waals surface area contributed by atoms with E-state index in [1.165, 1.54) is 5.56 Å². The molecular weight excluding hydrogens is 436 g/mol. The molecule has 1 aliphatic heterocycles. The van der Waals surface area contributed by atoms with Gasteiger partial charge >= 0.3 is 11.9 Å². The molecule has 0 radical (unpaired) electrons. The molecule has 2 heterocycles. The second kappa shape index (κ2) is 12.2. The summed E-state index contributed by atoms with van der Waals surface area (Å²) in [7, 11) is 0. The second-order valence-corrected chi connectivity index (χ2v) is 7.74. The van der Waals surface area contributed by atoms with Crippen molar-refractivity contribution in [3.8, 4) is 16.9 Å². The maximum absolute atomic E-state index is 12.5. The first-order valence-corrected chi connectivity index (χ1v) is 10.9. The molecule has 0 atom stereocenters. The van der Waals surface area contributed by atoms with E-state index in [0.717, 1.165) is 42.8 Å². The Morgan fingerprint density at radius 3 is 2.18 bits per heavy atom. The minimum atomic E-state index is -1.82. The van der Waals surface area contributed by atoms with Crippen LogP contribution < -0.4 is 4.74 Å². The Labute approximate surface area is 197 Å². The first-order chi connectivity index (χ1) is 16.4. The Balaban J connectivity index is 0.000000481. The lowest BCUT2D eigenvalue weighted by Gasteiger charge is -2.32. The van der Waals surface area contributed by atoms with Crippen LogP contribution in [0.5, 0.6) is 5.75 Å². The van der Waals surface area contributed by atoms with Gasteiger partial charge in [-0.15, -0.1) is 0 Å². The molecule has 1 saturated heterocycles. The number of carbonyl (C=O) groups excluding carboxylic acids is 1. The number of aliphatic carboxylic acids is 2. The van der Waals surface area contributed by atoms with Crippen LogP contribution >= 0.6 is 0 Å². The van der Waals surface area contributed by atoms with Crippen LogP contribution in [0, 0.1) is 0 Å². The number of likely N-dealkylation sites (tertiary alicyclic amines) is 1. The number of carboxylic acid groups (broad SMARTS) is 2. The van der Waals surface area contributed by atoms with Gasteiger partial charge in [-0.3, -0.25) is 9.78 Å². The summed E-state index contributed by atoms with van der Waals surface area (Å²) in [5.41, 5.74) is 3.30. The van der Waals surface area contributed by atoms with Crippen LogP contribution in [0.1, 0.15) is 18.4 Å². The van der Waals surface area contributed by atoms with Crippen LogP contribution in [-0.2, 0) is 20.8 Å². The maximum Gasteiger partial charge on any atom is 0.414 e. The maximum atomic E-state index is 12.5. The Kier molecular flexibility index (Phi) is 8.73. The molecule has 8 heteroatoms. The van der Waals surface area contributed by atoms with E-state index in [-0.39, 0.29) is 12.0 Å². The Bertz CT molecular complexity index is 1080. The Morgan fingerprint density at radius 2 is 1.56 bits per heavy atom. The summed E-state index contributed by atoms with van der Waals surface area (Å²) in [5.74, 6) is -2.59. The summed E-state index contributed by atoms with van der Waals surface area (Å²) >= 11 is 0. The number of nitrogens with zero attached hydrogens (tertiary/aromatic N) is 2. The van der Waals surface area contributed by atoms with Gasteiger partial charge in [-0.1, -0.05) is 48.5 Å². The lowest BCUT2D eigenvalue weighted by atomic mass is 10.0. The van der Waals surface area contributed by atoms with E-state index in [9.17, 15) is 4.79 Å². The fraction of sp³-hybridized carbons (Fsp3) is 0.231. The molecule has 8 nitrogen and oxygen atoms in total. The molecule has 0 unspecified atom stereocenters. The SMILES string of the molecule is O=C(Cc1cccnc1)N1CCC(Oc2cccc(-c3ccccc3)c2)CC1.O=C(O)C(=O)O. The van der Waals surface area contributed by atoms with E-state index in [4.69, 9.17) is 24.5 Å². The predicted octanol–water partition coefficient (Wildman–Crippen LogP) is 3.52. The number of carboxylic acids is 2. The third-order valence-corrected chi connectivity index (χ3v) is 5.30. The number of hydrogen-bond donors (Lipinski definition) is 2. The van der Waals surface area contributed by atoms with Gasteiger partial charge in [0.2, 0.25) is 5.91 Å². The van der Waals surface area contributed by atoms with Crippen LogP contribution in [0.4, 0.5) is 0 Å². The summed E-state index contributed by atoms with van der Waals surface area (Å²) < 4.78 is 6.22. The monoisotopic (exact) mass is 462 g/mol. The molecule has 4 rings (SSSR count). The summed E-state index contributed by atoms with van der Waals surface area (Å²) in [5, 5.41) is 14.8. The average molecular weight is 463 g/mol. The number of piperidine rings is 1. The van der Waals surface area contributed by atoms with Crippen molar-refractivity contribution in [1.29, 1.82) is 0 Å². The van der Waals surface area contributed by atoms with Crippen molar-refractivity contribution >= 4 is 17.8 Å². The number of ether oxygens (including phenoxy) is 1. The summed E-state index contributed by atoms with van der Waals surface area (Å²) in [6.07, 6.45) is 5.76. The van der Waals surface area contributed by atoms with Gasteiger partial charge in [0, 0.05) is 38.3 Å². The first-order valence-electron chi connectivity index (χ1n) is 10.9. The molecule has 2 aromatic carbocycles. The number of carbonyl (C=O) groups is 3. The number of rotatable bonds is 5. The zero-order valence-electron chi connectivity index (χ0n) is 18.5. The smallest absolute Gasteiger partial charge is 0.414 e. The van der Waals surface area contributed by atoms with Crippen molar-refractivity contribution in [1.82, 2.24) is 9.88 Å². The lowest BCUT2D eigenvalue weighted by molar-refractivity contribution is -0.159. The molecule has 1 aromatic heterocycles. The van der Waals surface area contributed by atoms with E-state index in [0.29, 0.717) is 6.42 Å². The topological polar surface area (TPSA) is 117 Å². The predicted molar refractivity (Wildman–Crippen MR) is 125 cm³/mol. The third kappa shape index (κ3) is 7.44. The van der Waals surface area contributed by atoms with E-state index in [1.54, 1.807) is 12.4 Å². The third-order valence-electron chi connectivity index (χ3n) is 5.30. The van der Waals surface area contributed by atoms with Gasteiger partial charge in [0.1, 0.15) is 11.9 Å². The normalized spacial score (nSPS) is 13.4. The minimum absolute atomic E-state index is 0.147. The van der Waals surface area contributed by atoms with Crippen LogP contribution in [0.25, 0.3) is 11.1 Å². The average Bonchev–Trinajstić information content (AvgIpc) is 2.86. The molecule has 0 bridgehead atoms. The van der Waals surface area contributed by atoms with E-state index in [2.05, 4.69) is 29.2 Å². The fourth-order valence-corrected chi connectivity index (χ4v) is 3.58. The zero-order chi connectivity index (χ0) is 24.3. The second-order valence-electron chi connectivity index (χ2n) is 7.74. The zero-order valence-corrected chi connectivity index (χ0v) is 18.5. The first kappa shape index (κ1) is 24.4. The van der Waals surface area contributed by atoms with E-state index in [1.807, 2.05) is 47.4 Å². The summed E-state index contributed by atoms with van der Waals surface area (Å²) in [4.78, 5) is 36.7. The van der Waals surface area contributed by atoms with Crippen LogP contribution in [-0.4, -0.2) is 57.1 Å². The Morgan fingerprint density at radius 1 is 0.882 bits per heavy atom. The highest BCUT2D eigenvalue weighted by Gasteiger charge is 2.24.